The molecule has 0 amide bonds. The number of ether oxygens (including phenoxy) is 1. The highest BCUT2D eigenvalue weighted by molar-refractivity contribution is 7.74. The molecule has 0 radical (unpaired) electrons. The Morgan fingerprint density at radius 2 is 2.40 bits per heavy atom. The standard InChI is InChI=1S/C14H20N6O4S/c1-9-8-23-6-5-20(9)13-7-11(10(2)24-25(21)22)16-14(18-13)17-12-3-4-15-19-12/h3-4,7,9-10H,5-6,8H2,1-2H3,(H,21,22)(H2,15,16,17,18,19)/p-1/t9-,10?/m0/s1. The largest absolute Gasteiger partial charge is 0.750 e. The van der Waals surface area contributed by atoms with Crippen LogP contribution in [0.4, 0.5) is 17.6 Å². The molecule has 11 heteroatoms. The van der Waals surface area contributed by atoms with E-state index >= 15 is 0 Å². The van der Waals surface area contributed by atoms with E-state index in [0.29, 0.717) is 43.0 Å². The minimum atomic E-state index is -2.63. The van der Waals surface area contributed by atoms with Crippen molar-refractivity contribution < 1.29 is 17.7 Å². The molecule has 136 valence electrons. The number of aromatic amines is 1. The fourth-order valence-electron chi connectivity index (χ4n) is 2.54. The predicted molar refractivity (Wildman–Crippen MR) is 89.9 cm³/mol. The van der Waals surface area contributed by atoms with Crippen LogP contribution in [0.5, 0.6) is 0 Å². The Hall–Kier alpha value is -2.08. The van der Waals surface area contributed by atoms with Crippen molar-refractivity contribution >= 4 is 28.9 Å². The number of morpholine rings is 1. The summed E-state index contributed by atoms with van der Waals surface area (Å²) >= 11 is -2.63. The number of rotatable bonds is 6. The average Bonchev–Trinajstić information content (AvgIpc) is 3.07. The molecule has 1 fully saturated rings. The molecule has 10 nitrogen and oxygen atoms in total. The third-order valence-electron chi connectivity index (χ3n) is 3.78. The first-order valence-corrected chi connectivity index (χ1v) is 8.79. The molecule has 2 unspecified atom stereocenters. The molecule has 1 aliphatic rings. The molecule has 0 aliphatic carbocycles. The van der Waals surface area contributed by atoms with Crippen molar-refractivity contribution in [2.45, 2.75) is 26.0 Å². The Morgan fingerprint density at radius 1 is 1.56 bits per heavy atom. The lowest BCUT2D eigenvalue weighted by molar-refractivity contribution is 0.0985. The number of hydrogen-bond donors (Lipinski definition) is 2. The minimum absolute atomic E-state index is 0.140. The lowest BCUT2D eigenvalue weighted by Gasteiger charge is -2.34. The summed E-state index contributed by atoms with van der Waals surface area (Å²) in [6.07, 6.45) is 0.863. The Labute approximate surface area is 147 Å². The number of nitrogens with zero attached hydrogens (tertiary/aromatic N) is 4. The normalized spacial score (nSPS) is 20.3. The highest BCUT2D eigenvalue weighted by atomic mass is 32.2. The van der Waals surface area contributed by atoms with Gasteiger partial charge in [0.1, 0.15) is 17.7 Å². The quantitative estimate of drug-likeness (QED) is 0.719. The van der Waals surface area contributed by atoms with Crippen molar-refractivity contribution in [2.75, 3.05) is 30.0 Å². The zero-order chi connectivity index (χ0) is 17.8. The molecule has 2 aromatic rings. The van der Waals surface area contributed by atoms with E-state index in [0.717, 1.165) is 0 Å². The summed E-state index contributed by atoms with van der Waals surface area (Å²) in [7, 11) is 0. The van der Waals surface area contributed by atoms with Gasteiger partial charge in [0.2, 0.25) is 5.95 Å². The second-order valence-electron chi connectivity index (χ2n) is 5.63. The topological polar surface area (TPSA) is 128 Å². The third-order valence-corrected chi connectivity index (χ3v) is 4.23. The van der Waals surface area contributed by atoms with E-state index in [1.165, 1.54) is 0 Å². The van der Waals surface area contributed by atoms with E-state index in [2.05, 4.69) is 30.4 Å². The van der Waals surface area contributed by atoms with Crippen molar-refractivity contribution in [3.8, 4) is 0 Å². The highest BCUT2D eigenvalue weighted by Gasteiger charge is 2.23. The van der Waals surface area contributed by atoms with Gasteiger partial charge in [-0.1, -0.05) is 0 Å². The molecule has 1 saturated heterocycles. The van der Waals surface area contributed by atoms with Crippen LogP contribution in [-0.2, 0) is 20.3 Å². The summed E-state index contributed by atoms with van der Waals surface area (Å²) in [4.78, 5) is 11.0. The van der Waals surface area contributed by atoms with Crippen molar-refractivity contribution in [1.82, 2.24) is 20.2 Å². The van der Waals surface area contributed by atoms with Crippen molar-refractivity contribution in [1.29, 1.82) is 0 Å². The van der Waals surface area contributed by atoms with Crippen molar-refractivity contribution in [3.05, 3.63) is 24.0 Å². The Kier molecular flexibility index (Phi) is 5.58. The molecular weight excluding hydrogens is 348 g/mol. The summed E-state index contributed by atoms with van der Waals surface area (Å²) in [5, 5.41) is 9.65. The lowest BCUT2D eigenvalue weighted by atomic mass is 10.2. The number of nitrogens with one attached hydrogen (secondary N) is 2. The Balaban J connectivity index is 1.93. The van der Waals surface area contributed by atoms with Gasteiger partial charge in [0.05, 0.1) is 42.5 Å². The molecule has 2 N–H and O–H groups in total. The van der Waals surface area contributed by atoms with Crippen molar-refractivity contribution in [2.24, 2.45) is 0 Å². The van der Waals surface area contributed by atoms with E-state index in [1.807, 2.05) is 6.92 Å². The summed E-state index contributed by atoms with van der Waals surface area (Å²) in [5.41, 5.74) is 0.454. The molecule has 0 saturated carbocycles. The van der Waals surface area contributed by atoms with Crippen LogP contribution < -0.4 is 10.2 Å². The summed E-state index contributed by atoms with van der Waals surface area (Å²) in [6.45, 7) is 5.53. The Morgan fingerprint density at radius 3 is 3.08 bits per heavy atom. The van der Waals surface area contributed by atoms with Gasteiger partial charge in [-0.3, -0.25) is 9.28 Å². The second-order valence-corrected chi connectivity index (χ2v) is 6.23. The van der Waals surface area contributed by atoms with Gasteiger partial charge in [0, 0.05) is 18.7 Å². The first-order chi connectivity index (χ1) is 12.0. The monoisotopic (exact) mass is 367 g/mol. The van der Waals surface area contributed by atoms with E-state index in [-0.39, 0.29) is 6.04 Å². The molecule has 1 aliphatic heterocycles. The van der Waals surface area contributed by atoms with E-state index < -0.39 is 17.5 Å². The van der Waals surface area contributed by atoms with Crippen LogP contribution >= 0.6 is 0 Å². The van der Waals surface area contributed by atoms with Crippen LogP contribution in [0.25, 0.3) is 0 Å². The predicted octanol–water partition coefficient (Wildman–Crippen LogP) is 1.04. The van der Waals surface area contributed by atoms with Crippen LogP contribution in [0.2, 0.25) is 0 Å². The zero-order valence-corrected chi connectivity index (χ0v) is 14.7. The molecule has 0 spiro atoms. The van der Waals surface area contributed by atoms with Gasteiger partial charge in [0.15, 0.2) is 0 Å². The SMILES string of the molecule is CC(OS(=O)[O-])c1cc(N2CCOC[C@@H]2C)nc(Nc2ccn[nH]2)n1. The van der Waals surface area contributed by atoms with Gasteiger partial charge in [0.25, 0.3) is 0 Å². The molecule has 0 bridgehead atoms. The third kappa shape index (κ3) is 4.51. The van der Waals surface area contributed by atoms with Gasteiger partial charge >= 0.3 is 0 Å². The Bertz CT molecular complexity index is 728. The molecule has 2 aromatic heterocycles. The van der Waals surface area contributed by atoms with E-state index in [9.17, 15) is 8.76 Å². The van der Waals surface area contributed by atoms with Gasteiger partial charge in [-0.15, -0.1) is 0 Å². The second kappa shape index (κ2) is 7.87. The van der Waals surface area contributed by atoms with Gasteiger partial charge in [-0.05, 0) is 13.8 Å². The van der Waals surface area contributed by atoms with Crippen LogP contribution in [0.15, 0.2) is 18.3 Å². The maximum atomic E-state index is 10.8. The van der Waals surface area contributed by atoms with Crippen LogP contribution in [0.1, 0.15) is 25.6 Å². The first kappa shape index (κ1) is 17.7. The maximum absolute atomic E-state index is 10.8. The number of anilines is 3. The summed E-state index contributed by atoms with van der Waals surface area (Å²) < 4.78 is 32.0. The molecule has 25 heavy (non-hydrogen) atoms. The highest BCUT2D eigenvalue weighted by Crippen LogP contribution is 2.25. The van der Waals surface area contributed by atoms with Gasteiger partial charge < -0.3 is 19.5 Å². The summed E-state index contributed by atoms with van der Waals surface area (Å²) in [5.74, 6) is 1.62. The van der Waals surface area contributed by atoms with E-state index in [1.54, 1.807) is 25.3 Å². The van der Waals surface area contributed by atoms with Crippen LogP contribution in [0.3, 0.4) is 0 Å². The lowest BCUT2D eigenvalue weighted by Crippen LogP contribution is -2.44. The van der Waals surface area contributed by atoms with Crippen LogP contribution in [-0.4, -0.2) is 54.7 Å². The van der Waals surface area contributed by atoms with Gasteiger partial charge in [-0.2, -0.15) is 10.1 Å². The number of H-pyrrole nitrogens is 1. The average molecular weight is 367 g/mol. The smallest absolute Gasteiger partial charge is 0.230 e. The van der Waals surface area contributed by atoms with Gasteiger partial charge in [-0.25, -0.2) is 9.19 Å². The fourth-order valence-corrected chi connectivity index (χ4v) is 2.88. The summed E-state index contributed by atoms with van der Waals surface area (Å²) in [6, 6.07) is 3.61. The fraction of sp³-hybridized carbons (Fsp3) is 0.500. The van der Waals surface area contributed by atoms with E-state index in [4.69, 9.17) is 8.92 Å². The zero-order valence-electron chi connectivity index (χ0n) is 13.8. The molecule has 3 atom stereocenters. The molecular formula is C14H19N6O4S-. The number of hydrogen-bond acceptors (Lipinski definition) is 9. The molecule has 3 heterocycles. The molecule has 3 rings (SSSR count). The molecule has 0 aromatic carbocycles. The van der Waals surface area contributed by atoms with Crippen LogP contribution in [0, 0.1) is 0 Å². The first-order valence-electron chi connectivity index (χ1n) is 7.79. The number of aromatic nitrogens is 4. The maximum Gasteiger partial charge on any atom is 0.230 e. The minimum Gasteiger partial charge on any atom is -0.750 e. The van der Waals surface area contributed by atoms with Crippen molar-refractivity contribution in [3.63, 3.8) is 0 Å².